The number of nitrogens with one attached hydrogen (secondary N) is 1. The van der Waals surface area contributed by atoms with Gasteiger partial charge in [0.1, 0.15) is 15.4 Å². The molecular weight excluding hydrogens is 466 g/mol. The average Bonchev–Trinajstić information content (AvgIpc) is 3.59. The summed E-state index contributed by atoms with van der Waals surface area (Å²) in [5.41, 5.74) is 6.01. The second kappa shape index (κ2) is 9.97. The van der Waals surface area contributed by atoms with Gasteiger partial charge in [-0.3, -0.25) is 14.7 Å². The normalized spacial score (nSPS) is 13.8. The maximum absolute atomic E-state index is 13.2. The summed E-state index contributed by atoms with van der Waals surface area (Å²) in [5, 5.41) is 3.93. The van der Waals surface area contributed by atoms with Gasteiger partial charge >= 0.3 is 0 Å². The molecule has 6 rings (SSSR count). The Bertz CT molecular complexity index is 1530. The van der Waals surface area contributed by atoms with E-state index < -0.39 is 0 Å². The van der Waals surface area contributed by atoms with Crippen LogP contribution in [0.25, 0.3) is 32.2 Å². The third kappa shape index (κ3) is 4.76. The molecule has 0 spiro atoms. The fraction of sp³-hybridized carbons (Fsp3) is 0.172. The number of rotatable bonds is 6. The summed E-state index contributed by atoms with van der Waals surface area (Å²) in [6.07, 6.45) is 6.25. The van der Waals surface area contributed by atoms with Gasteiger partial charge in [-0.05, 0) is 74.0 Å². The summed E-state index contributed by atoms with van der Waals surface area (Å²) in [6, 6.07) is 23.2. The molecule has 0 bridgehead atoms. The lowest BCUT2D eigenvalue weighted by Gasteiger charge is -2.13. The van der Waals surface area contributed by atoms with Gasteiger partial charge in [0, 0.05) is 35.6 Å². The standard InChI is InChI=1S/C29H25N5OS/c35-27(22-9-7-8-21(17-22)24-11-3-4-13-30-24)32-25-12-2-1-10-23(25)28-33-26-16-20(18-31-29(26)36-28)19-34-14-5-6-15-34/h1-4,7-13,16-18H,5-6,14-15,19H2,(H,32,35). The number of anilines is 1. The molecule has 1 fully saturated rings. The quantitative estimate of drug-likeness (QED) is 0.303. The zero-order chi connectivity index (χ0) is 24.3. The van der Waals surface area contributed by atoms with Crippen LogP contribution in [0.15, 0.2) is 85.2 Å². The number of hydrogen-bond acceptors (Lipinski definition) is 6. The fourth-order valence-corrected chi connectivity index (χ4v) is 5.52. The molecule has 7 heteroatoms. The van der Waals surface area contributed by atoms with Crippen molar-refractivity contribution in [3.05, 3.63) is 96.3 Å². The number of aromatic nitrogens is 3. The van der Waals surface area contributed by atoms with Crippen LogP contribution in [0.3, 0.4) is 0 Å². The van der Waals surface area contributed by atoms with Crippen molar-refractivity contribution in [1.82, 2.24) is 19.9 Å². The lowest BCUT2D eigenvalue weighted by Crippen LogP contribution is -2.18. The maximum atomic E-state index is 13.2. The van der Waals surface area contributed by atoms with Crippen LogP contribution < -0.4 is 5.32 Å². The number of likely N-dealkylation sites (tertiary alicyclic amines) is 1. The highest BCUT2D eigenvalue weighted by Crippen LogP contribution is 2.34. The van der Waals surface area contributed by atoms with E-state index in [0.29, 0.717) is 5.56 Å². The Morgan fingerprint density at radius 3 is 2.67 bits per heavy atom. The minimum Gasteiger partial charge on any atom is -0.321 e. The Morgan fingerprint density at radius 2 is 1.81 bits per heavy atom. The molecule has 178 valence electrons. The van der Waals surface area contributed by atoms with Crippen molar-refractivity contribution in [1.29, 1.82) is 0 Å². The number of fused-ring (bicyclic) bond motifs is 1. The molecule has 1 aliphatic rings. The molecule has 0 saturated carbocycles. The van der Waals surface area contributed by atoms with Gasteiger partial charge in [-0.1, -0.05) is 41.7 Å². The first-order valence-corrected chi connectivity index (χ1v) is 12.9. The first-order valence-electron chi connectivity index (χ1n) is 12.1. The van der Waals surface area contributed by atoms with Gasteiger partial charge in [0.15, 0.2) is 0 Å². The van der Waals surface area contributed by atoms with Crippen molar-refractivity contribution in [2.45, 2.75) is 19.4 Å². The minimum absolute atomic E-state index is 0.174. The lowest BCUT2D eigenvalue weighted by atomic mass is 10.1. The van der Waals surface area contributed by atoms with E-state index in [4.69, 9.17) is 4.98 Å². The van der Waals surface area contributed by atoms with Gasteiger partial charge in [-0.25, -0.2) is 9.97 Å². The number of carbonyl (C=O) groups is 1. The Hall–Kier alpha value is -3.94. The molecule has 0 atom stereocenters. The Kier molecular flexibility index (Phi) is 6.24. The highest BCUT2D eigenvalue weighted by atomic mass is 32.1. The maximum Gasteiger partial charge on any atom is 0.255 e. The molecule has 6 nitrogen and oxygen atoms in total. The first-order chi connectivity index (χ1) is 17.7. The number of pyridine rings is 2. The van der Waals surface area contributed by atoms with E-state index in [9.17, 15) is 4.79 Å². The molecule has 1 N–H and O–H groups in total. The van der Waals surface area contributed by atoms with Crippen LogP contribution in [0, 0.1) is 0 Å². The van der Waals surface area contributed by atoms with Crippen LogP contribution in [0.5, 0.6) is 0 Å². The minimum atomic E-state index is -0.174. The number of benzene rings is 2. The molecule has 2 aromatic carbocycles. The molecule has 3 aromatic heterocycles. The van der Waals surface area contributed by atoms with E-state index in [1.54, 1.807) is 17.5 Å². The molecule has 0 radical (unpaired) electrons. The predicted octanol–water partition coefficient (Wildman–Crippen LogP) is 6.27. The molecule has 0 unspecified atom stereocenters. The Balaban J connectivity index is 1.26. The lowest BCUT2D eigenvalue weighted by molar-refractivity contribution is 0.102. The van der Waals surface area contributed by atoms with Gasteiger partial charge < -0.3 is 5.32 Å². The van der Waals surface area contributed by atoms with Crippen LogP contribution in [0.4, 0.5) is 5.69 Å². The SMILES string of the molecule is O=C(Nc1ccccc1-c1nc2cc(CN3CCCC3)cnc2s1)c1cccc(-c2ccccn2)c1. The van der Waals surface area contributed by atoms with Gasteiger partial charge in [-0.15, -0.1) is 0 Å². The van der Waals surface area contributed by atoms with E-state index in [1.807, 2.05) is 72.9 Å². The Morgan fingerprint density at radius 1 is 0.944 bits per heavy atom. The molecule has 0 aliphatic carbocycles. The van der Waals surface area contributed by atoms with Crippen molar-refractivity contribution < 1.29 is 4.79 Å². The third-order valence-corrected chi connectivity index (χ3v) is 7.41. The van der Waals surface area contributed by atoms with Gasteiger partial charge in [0.05, 0.1) is 11.4 Å². The predicted molar refractivity (Wildman–Crippen MR) is 145 cm³/mol. The van der Waals surface area contributed by atoms with Gasteiger partial charge in [0.25, 0.3) is 5.91 Å². The summed E-state index contributed by atoms with van der Waals surface area (Å²) in [7, 11) is 0. The number of carbonyl (C=O) groups excluding carboxylic acids is 1. The van der Waals surface area contributed by atoms with Crippen molar-refractivity contribution in [3.8, 4) is 21.8 Å². The van der Waals surface area contributed by atoms with E-state index in [-0.39, 0.29) is 5.91 Å². The first kappa shape index (κ1) is 22.5. The van der Waals surface area contributed by atoms with E-state index in [1.165, 1.54) is 18.4 Å². The average molecular weight is 492 g/mol. The van der Waals surface area contributed by atoms with Crippen LogP contribution >= 0.6 is 11.3 Å². The molecule has 1 aliphatic heterocycles. The number of thiazole rings is 1. The van der Waals surface area contributed by atoms with E-state index >= 15 is 0 Å². The molecule has 4 heterocycles. The molecular formula is C29H25N5OS. The van der Waals surface area contributed by atoms with Crippen molar-refractivity contribution in [3.63, 3.8) is 0 Å². The molecule has 5 aromatic rings. The Labute approximate surface area is 213 Å². The summed E-state index contributed by atoms with van der Waals surface area (Å²) < 4.78 is 0. The largest absolute Gasteiger partial charge is 0.321 e. The summed E-state index contributed by atoms with van der Waals surface area (Å²) in [6.45, 7) is 3.22. The topological polar surface area (TPSA) is 71.0 Å². The smallest absolute Gasteiger partial charge is 0.255 e. The molecule has 1 saturated heterocycles. The monoisotopic (exact) mass is 491 g/mol. The zero-order valence-corrected chi connectivity index (χ0v) is 20.5. The van der Waals surface area contributed by atoms with E-state index in [2.05, 4.69) is 26.3 Å². The van der Waals surface area contributed by atoms with Crippen LogP contribution in [0.2, 0.25) is 0 Å². The summed E-state index contributed by atoms with van der Waals surface area (Å²) >= 11 is 1.54. The van der Waals surface area contributed by atoms with Crippen molar-refractivity contribution in [2.75, 3.05) is 18.4 Å². The van der Waals surface area contributed by atoms with Crippen molar-refractivity contribution in [2.24, 2.45) is 0 Å². The van der Waals surface area contributed by atoms with Crippen LogP contribution in [-0.2, 0) is 6.54 Å². The second-order valence-electron chi connectivity index (χ2n) is 8.97. The third-order valence-electron chi connectivity index (χ3n) is 6.40. The van der Waals surface area contributed by atoms with Gasteiger partial charge in [-0.2, -0.15) is 0 Å². The number of hydrogen-bond donors (Lipinski definition) is 1. The van der Waals surface area contributed by atoms with Gasteiger partial charge in [0.2, 0.25) is 0 Å². The summed E-state index contributed by atoms with van der Waals surface area (Å²) in [4.78, 5) is 30.5. The highest BCUT2D eigenvalue weighted by Gasteiger charge is 2.16. The number of amides is 1. The van der Waals surface area contributed by atoms with Crippen LogP contribution in [-0.4, -0.2) is 38.8 Å². The van der Waals surface area contributed by atoms with Crippen molar-refractivity contribution >= 4 is 33.3 Å². The zero-order valence-electron chi connectivity index (χ0n) is 19.7. The fourth-order valence-electron chi connectivity index (χ4n) is 4.59. The van der Waals surface area contributed by atoms with Crippen LogP contribution in [0.1, 0.15) is 28.8 Å². The molecule has 36 heavy (non-hydrogen) atoms. The molecule has 1 amide bonds. The van der Waals surface area contributed by atoms with E-state index in [0.717, 1.165) is 57.5 Å². The number of para-hydroxylation sites is 1. The number of nitrogens with zero attached hydrogens (tertiary/aromatic N) is 4. The second-order valence-corrected chi connectivity index (χ2v) is 9.94. The highest BCUT2D eigenvalue weighted by molar-refractivity contribution is 7.21. The summed E-state index contributed by atoms with van der Waals surface area (Å²) in [5.74, 6) is -0.174.